The average Bonchev–Trinajstić information content (AvgIpc) is 3.18. The van der Waals surface area contributed by atoms with Gasteiger partial charge in [-0.05, 0) is 30.5 Å². The van der Waals surface area contributed by atoms with Crippen LogP contribution in [-0.4, -0.2) is 24.7 Å². The Morgan fingerprint density at radius 3 is 2.52 bits per heavy atom. The van der Waals surface area contributed by atoms with Crippen molar-refractivity contribution in [3.8, 4) is 10.6 Å². The van der Waals surface area contributed by atoms with Crippen molar-refractivity contribution in [2.24, 2.45) is 7.05 Å². The van der Waals surface area contributed by atoms with Gasteiger partial charge in [-0.25, -0.2) is 8.42 Å². The molecule has 0 bridgehead atoms. The third-order valence-corrected chi connectivity index (χ3v) is 6.23. The summed E-state index contributed by atoms with van der Waals surface area (Å²) >= 11 is 1.48. The van der Waals surface area contributed by atoms with E-state index in [1.54, 1.807) is 30.1 Å². The summed E-state index contributed by atoms with van der Waals surface area (Å²) in [7, 11) is -1.95. The van der Waals surface area contributed by atoms with E-state index < -0.39 is 10.0 Å². The van der Waals surface area contributed by atoms with Crippen LogP contribution in [-0.2, 0) is 17.1 Å². The maximum Gasteiger partial charge on any atom is 0.268 e. The molecule has 1 aromatic carbocycles. The van der Waals surface area contributed by atoms with Crippen molar-refractivity contribution < 1.29 is 8.42 Å². The number of para-hydroxylation sites is 1. The van der Waals surface area contributed by atoms with Gasteiger partial charge in [0.05, 0.1) is 10.6 Å². The molecule has 0 fully saturated rings. The van der Waals surface area contributed by atoms with E-state index in [1.807, 2.05) is 42.6 Å². The van der Waals surface area contributed by atoms with Gasteiger partial charge in [0.1, 0.15) is 10.6 Å². The van der Waals surface area contributed by atoms with Crippen molar-refractivity contribution in [3.05, 3.63) is 54.0 Å². The molecule has 0 saturated heterocycles. The molecule has 0 N–H and O–H groups in total. The number of aromatic nitrogens is 2. The van der Waals surface area contributed by atoms with Crippen LogP contribution in [0.3, 0.4) is 0 Å². The van der Waals surface area contributed by atoms with E-state index in [1.165, 1.54) is 15.6 Å². The highest BCUT2D eigenvalue weighted by Gasteiger charge is 2.29. The van der Waals surface area contributed by atoms with Crippen LogP contribution in [0.5, 0.6) is 0 Å². The maximum absolute atomic E-state index is 13.2. The van der Waals surface area contributed by atoms with Gasteiger partial charge in [0.15, 0.2) is 0 Å². The zero-order valence-electron chi connectivity index (χ0n) is 12.9. The molecule has 120 valence electrons. The summed E-state index contributed by atoms with van der Waals surface area (Å²) in [6.07, 6.45) is 1.57. The predicted molar refractivity (Wildman–Crippen MR) is 93.2 cm³/mol. The number of aryl methyl sites for hydroxylation is 1. The lowest BCUT2D eigenvalue weighted by Crippen LogP contribution is -2.30. The summed E-state index contributed by atoms with van der Waals surface area (Å²) in [5, 5.41) is 6.26. The molecule has 3 rings (SSSR count). The molecule has 0 aliphatic heterocycles. The van der Waals surface area contributed by atoms with Gasteiger partial charge in [-0.3, -0.25) is 8.99 Å². The lowest BCUT2D eigenvalue weighted by Gasteiger charge is -2.22. The topological polar surface area (TPSA) is 55.2 Å². The first kappa shape index (κ1) is 15.8. The lowest BCUT2D eigenvalue weighted by atomic mass is 10.3. The van der Waals surface area contributed by atoms with E-state index in [4.69, 9.17) is 0 Å². The number of nitrogens with zero attached hydrogens (tertiary/aromatic N) is 3. The van der Waals surface area contributed by atoms with E-state index >= 15 is 0 Å². The monoisotopic (exact) mass is 347 g/mol. The van der Waals surface area contributed by atoms with Crippen molar-refractivity contribution in [1.29, 1.82) is 0 Å². The number of sulfonamides is 1. The zero-order chi connectivity index (χ0) is 16.4. The van der Waals surface area contributed by atoms with Crippen LogP contribution in [0.15, 0.2) is 58.9 Å². The zero-order valence-corrected chi connectivity index (χ0v) is 14.5. The second-order valence-corrected chi connectivity index (χ2v) is 7.78. The summed E-state index contributed by atoms with van der Waals surface area (Å²) in [6, 6.07) is 12.9. The van der Waals surface area contributed by atoms with Crippen molar-refractivity contribution in [2.75, 3.05) is 10.8 Å². The van der Waals surface area contributed by atoms with Gasteiger partial charge in [-0.15, -0.1) is 11.3 Å². The molecular formula is C16H17N3O2S2. The Kier molecular flexibility index (Phi) is 4.23. The first-order chi connectivity index (χ1) is 11.0. The molecule has 23 heavy (non-hydrogen) atoms. The van der Waals surface area contributed by atoms with E-state index in [0.29, 0.717) is 17.9 Å². The third kappa shape index (κ3) is 2.89. The van der Waals surface area contributed by atoms with Crippen LogP contribution < -0.4 is 4.31 Å². The molecule has 7 heteroatoms. The lowest BCUT2D eigenvalue weighted by molar-refractivity contribution is 0.592. The van der Waals surface area contributed by atoms with Crippen LogP contribution in [0.4, 0.5) is 5.69 Å². The number of hydrogen-bond donors (Lipinski definition) is 0. The predicted octanol–water partition coefficient (Wildman–Crippen LogP) is 3.36. The number of anilines is 1. The average molecular weight is 347 g/mol. The van der Waals surface area contributed by atoms with Gasteiger partial charge in [0.2, 0.25) is 0 Å². The Morgan fingerprint density at radius 1 is 1.17 bits per heavy atom. The largest absolute Gasteiger partial charge is 0.274 e. The summed E-state index contributed by atoms with van der Waals surface area (Å²) in [4.78, 5) is 1.07. The second-order valence-electron chi connectivity index (χ2n) is 5.00. The quantitative estimate of drug-likeness (QED) is 0.711. The normalized spacial score (nSPS) is 11.6. The molecule has 2 heterocycles. The third-order valence-electron chi connectivity index (χ3n) is 3.45. The fourth-order valence-corrected chi connectivity index (χ4v) is 4.89. The summed E-state index contributed by atoms with van der Waals surface area (Å²) < 4.78 is 29.3. The van der Waals surface area contributed by atoms with Crippen LogP contribution in [0.1, 0.15) is 6.92 Å². The molecule has 3 aromatic rings. The Bertz CT molecular complexity index is 885. The van der Waals surface area contributed by atoms with Crippen LogP contribution in [0.2, 0.25) is 0 Å². The Labute approximate surface area is 139 Å². The first-order valence-electron chi connectivity index (χ1n) is 7.19. The molecule has 5 nitrogen and oxygen atoms in total. The second kappa shape index (κ2) is 6.17. The Morgan fingerprint density at radius 2 is 1.91 bits per heavy atom. The van der Waals surface area contributed by atoms with Gasteiger partial charge < -0.3 is 0 Å². The minimum absolute atomic E-state index is 0.230. The van der Waals surface area contributed by atoms with Gasteiger partial charge in [0, 0.05) is 19.8 Å². The van der Waals surface area contributed by atoms with E-state index in [2.05, 4.69) is 5.10 Å². The van der Waals surface area contributed by atoms with E-state index in [0.717, 1.165) is 4.88 Å². The minimum Gasteiger partial charge on any atom is -0.274 e. The molecule has 0 radical (unpaired) electrons. The number of benzene rings is 1. The highest BCUT2D eigenvalue weighted by atomic mass is 32.2. The standard InChI is InChI=1S/C16H17N3O2S2/c1-3-19(13-8-5-4-6-9-13)23(20,21)15-12-18(2)17-16(15)14-10-7-11-22-14/h4-12H,3H2,1-2H3. The summed E-state index contributed by atoms with van der Waals surface area (Å²) in [5.74, 6) is 0. The van der Waals surface area contributed by atoms with Gasteiger partial charge in [0.25, 0.3) is 10.0 Å². The number of rotatable bonds is 5. The van der Waals surface area contributed by atoms with Gasteiger partial charge in [-0.2, -0.15) is 5.10 Å². The van der Waals surface area contributed by atoms with Crippen LogP contribution in [0.25, 0.3) is 10.6 Å². The molecule has 2 aromatic heterocycles. The molecule has 0 amide bonds. The fraction of sp³-hybridized carbons (Fsp3) is 0.188. The van der Waals surface area contributed by atoms with Crippen molar-refractivity contribution >= 4 is 27.0 Å². The fourth-order valence-electron chi connectivity index (χ4n) is 2.44. The molecule has 0 aliphatic rings. The van der Waals surface area contributed by atoms with Gasteiger partial charge in [-0.1, -0.05) is 24.3 Å². The van der Waals surface area contributed by atoms with Crippen LogP contribution >= 0.6 is 11.3 Å². The SMILES string of the molecule is CCN(c1ccccc1)S(=O)(=O)c1cn(C)nc1-c1cccs1. The Hall–Kier alpha value is -2.12. The molecule has 0 saturated carbocycles. The van der Waals surface area contributed by atoms with Crippen molar-refractivity contribution in [3.63, 3.8) is 0 Å². The Balaban J connectivity index is 2.13. The summed E-state index contributed by atoms with van der Waals surface area (Å²) in [6.45, 7) is 2.18. The number of thiophene rings is 1. The summed E-state index contributed by atoms with van der Waals surface area (Å²) in [5.41, 5.74) is 1.15. The minimum atomic E-state index is -3.68. The molecule has 0 atom stereocenters. The van der Waals surface area contributed by atoms with E-state index in [9.17, 15) is 8.42 Å². The molecular weight excluding hydrogens is 330 g/mol. The number of hydrogen-bond acceptors (Lipinski definition) is 4. The first-order valence-corrected chi connectivity index (χ1v) is 9.51. The highest BCUT2D eigenvalue weighted by molar-refractivity contribution is 7.93. The van der Waals surface area contributed by atoms with Gasteiger partial charge >= 0.3 is 0 Å². The molecule has 0 aliphatic carbocycles. The van der Waals surface area contributed by atoms with Crippen molar-refractivity contribution in [1.82, 2.24) is 9.78 Å². The van der Waals surface area contributed by atoms with E-state index in [-0.39, 0.29) is 4.90 Å². The van der Waals surface area contributed by atoms with Crippen LogP contribution in [0, 0.1) is 0 Å². The van der Waals surface area contributed by atoms with Crippen molar-refractivity contribution in [2.45, 2.75) is 11.8 Å². The smallest absolute Gasteiger partial charge is 0.268 e. The molecule has 0 unspecified atom stereocenters. The molecule has 0 spiro atoms. The maximum atomic E-state index is 13.2. The highest BCUT2D eigenvalue weighted by Crippen LogP contribution is 2.32.